The molecule has 0 unspecified atom stereocenters. The Morgan fingerprint density at radius 3 is 2.78 bits per heavy atom. The molecule has 1 atom stereocenters. The molecule has 3 aromatic rings. The van der Waals surface area contributed by atoms with E-state index in [2.05, 4.69) is 20.6 Å². The van der Waals surface area contributed by atoms with Gasteiger partial charge < -0.3 is 5.32 Å². The van der Waals surface area contributed by atoms with Gasteiger partial charge in [0.25, 0.3) is 11.5 Å². The van der Waals surface area contributed by atoms with Gasteiger partial charge in [0.2, 0.25) is 0 Å². The maximum Gasteiger partial charge on any atom is 0.278 e. The lowest BCUT2D eigenvalue weighted by Crippen LogP contribution is -2.38. The number of rotatable bonds is 4. The van der Waals surface area contributed by atoms with E-state index >= 15 is 0 Å². The van der Waals surface area contributed by atoms with Crippen LogP contribution in [0.1, 0.15) is 19.9 Å². The SMILES string of the molecule is CC(C)[C@@H](C(=O)Nc1nccs1)n1nnc2ccccc2c1=O. The number of carbonyl (C=O) groups excluding carboxylic acids is 1. The normalized spacial score (nSPS) is 12.5. The number of anilines is 1. The number of aromatic nitrogens is 4. The summed E-state index contributed by atoms with van der Waals surface area (Å²) in [6, 6.07) is 6.18. The third-order valence-electron chi connectivity index (χ3n) is 3.42. The summed E-state index contributed by atoms with van der Waals surface area (Å²) in [4.78, 5) is 29.2. The second-order valence-electron chi connectivity index (χ2n) is 5.37. The monoisotopic (exact) mass is 329 g/mol. The molecule has 8 heteroatoms. The number of nitrogens with one attached hydrogen (secondary N) is 1. The number of nitrogens with zero attached hydrogens (tertiary/aromatic N) is 4. The minimum atomic E-state index is -0.761. The fourth-order valence-corrected chi connectivity index (χ4v) is 2.88. The van der Waals surface area contributed by atoms with Gasteiger partial charge in [-0.05, 0) is 18.1 Å². The van der Waals surface area contributed by atoms with Crippen LogP contribution in [0.5, 0.6) is 0 Å². The second-order valence-corrected chi connectivity index (χ2v) is 6.27. The van der Waals surface area contributed by atoms with Gasteiger partial charge in [-0.15, -0.1) is 16.4 Å². The summed E-state index contributed by atoms with van der Waals surface area (Å²) < 4.78 is 1.15. The Bertz CT molecular complexity index is 888. The van der Waals surface area contributed by atoms with Crippen molar-refractivity contribution >= 4 is 33.3 Å². The number of thiazole rings is 1. The van der Waals surface area contributed by atoms with Crippen LogP contribution >= 0.6 is 11.3 Å². The maximum absolute atomic E-state index is 12.6. The standard InChI is InChI=1S/C15H15N5O2S/c1-9(2)12(13(21)17-15-16-7-8-23-15)20-14(22)10-5-3-4-6-11(10)18-19-20/h3-9,12H,1-2H3,(H,16,17,21)/t12-/m0/s1. The highest BCUT2D eigenvalue weighted by molar-refractivity contribution is 7.13. The molecular formula is C15H15N5O2S. The van der Waals surface area contributed by atoms with Crippen molar-refractivity contribution in [2.45, 2.75) is 19.9 Å². The maximum atomic E-state index is 12.6. The Hall–Kier alpha value is -2.61. The minimum absolute atomic E-state index is 0.136. The largest absolute Gasteiger partial charge is 0.300 e. The van der Waals surface area contributed by atoms with Crippen LogP contribution in [-0.4, -0.2) is 25.9 Å². The van der Waals surface area contributed by atoms with Gasteiger partial charge in [0.05, 0.1) is 5.39 Å². The van der Waals surface area contributed by atoms with Crippen molar-refractivity contribution in [1.29, 1.82) is 0 Å². The van der Waals surface area contributed by atoms with Gasteiger partial charge in [0, 0.05) is 11.6 Å². The van der Waals surface area contributed by atoms with Gasteiger partial charge in [-0.3, -0.25) is 9.59 Å². The average molecular weight is 329 g/mol. The molecule has 23 heavy (non-hydrogen) atoms. The molecule has 0 aliphatic heterocycles. The number of amides is 1. The first-order valence-corrected chi connectivity index (χ1v) is 8.00. The molecule has 0 saturated carbocycles. The highest BCUT2D eigenvalue weighted by Gasteiger charge is 2.27. The lowest BCUT2D eigenvalue weighted by molar-refractivity contribution is -0.120. The molecule has 1 amide bonds. The molecule has 0 radical (unpaired) electrons. The van der Waals surface area contributed by atoms with Crippen LogP contribution in [-0.2, 0) is 4.79 Å². The lowest BCUT2D eigenvalue weighted by atomic mass is 10.0. The fraction of sp³-hybridized carbons (Fsp3) is 0.267. The summed E-state index contributed by atoms with van der Waals surface area (Å²) in [5, 5.41) is 13.4. The molecule has 2 aromatic heterocycles. The molecular weight excluding hydrogens is 314 g/mol. The van der Waals surface area contributed by atoms with E-state index in [0.29, 0.717) is 16.0 Å². The fourth-order valence-electron chi connectivity index (χ4n) is 2.34. The lowest BCUT2D eigenvalue weighted by Gasteiger charge is -2.20. The molecule has 0 fully saturated rings. The van der Waals surface area contributed by atoms with E-state index < -0.39 is 6.04 Å². The molecule has 1 N–H and O–H groups in total. The number of carbonyl (C=O) groups is 1. The van der Waals surface area contributed by atoms with E-state index in [1.165, 1.54) is 11.3 Å². The molecule has 0 aliphatic rings. The first-order chi connectivity index (χ1) is 11.1. The summed E-state index contributed by atoms with van der Waals surface area (Å²) in [5.74, 6) is -0.468. The van der Waals surface area contributed by atoms with E-state index in [9.17, 15) is 9.59 Å². The number of hydrogen-bond donors (Lipinski definition) is 1. The molecule has 1 aromatic carbocycles. The summed E-state index contributed by atoms with van der Waals surface area (Å²) in [6.07, 6.45) is 1.60. The van der Waals surface area contributed by atoms with E-state index in [-0.39, 0.29) is 17.4 Å². The first-order valence-electron chi connectivity index (χ1n) is 7.12. The number of hydrogen-bond acceptors (Lipinski definition) is 6. The van der Waals surface area contributed by atoms with E-state index in [1.54, 1.807) is 35.8 Å². The zero-order valence-electron chi connectivity index (χ0n) is 12.6. The van der Waals surface area contributed by atoms with Gasteiger partial charge in [-0.2, -0.15) is 4.68 Å². The Morgan fingerprint density at radius 2 is 2.09 bits per heavy atom. The second kappa shape index (κ2) is 6.25. The molecule has 3 rings (SSSR count). The predicted octanol–water partition coefficient (Wildman–Crippen LogP) is 2.08. The molecule has 0 aliphatic carbocycles. The zero-order valence-corrected chi connectivity index (χ0v) is 13.4. The van der Waals surface area contributed by atoms with Gasteiger partial charge >= 0.3 is 0 Å². The first kappa shape index (κ1) is 15.3. The molecule has 118 valence electrons. The quantitative estimate of drug-likeness (QED) is 0.791. The van der Waals surface area contributed by atoms with E-state index in [0.717, 1.165) is 4.68 Å². The van der Waals surface area contributed by atoms with Crippen LogP contribution in [0.15, 0.2) is 40.6 Å². The van der Waals surface area contributed by atoms with Crippen LogP contribution < -0.4 is 10.9 Å². The van der Waals surface area contributed by atoms with Crippen molar-refractivity contribution in [3.63, 3.8) is 0 Å². The highest BCUT2D eigenvalue weighted by atomic mass is 32.1. The molecule has 0 spiro atoms. The smallest absolute Gasteiger partial charge is 0.278 e. The van der Waals surface area contributed by atoms with E-state index in [4.69, 9.17) is 0 Å². The van der Waals surface area contributed by atoms with Crippen LogP contribution in [0.25, 0.3) is 10.9 Å². The summed E-state index contributed by atoms with van der Waals surface area (Å²) in [5.41, 5.74) is 0.181. The molecule has 7 nitrogen and oxygen atoms in total. The Morgan fingerprint density at radius 1 is 1.30 bits per heavy atom. The van der Waals surface area contributed by atoms with Crippen molar-refractivity contribution < 1.29 is 4.79 Å². The molecule has 2 heterocycles. The number of benzene rings is 1. The van der Waals surface area contributed by atoms with Crippen LogP contribution in [0.3, 0.4) is 0 Å². The number of fused-ring (bicyclic) bond motifs is 1. The molecule has 0 saturated heterocycles. The highest BCUT2D eigenvalue weighted by Crippen LogP contribution is 2.19. The van der Waals surface area contributed by atoms with Crippen molar-refractivity contribution in [2.24, 2.45) is 5.92 Å². The van der Waals surface area contributed by atoms with Crippen molar-refractivity contribution in [3.8, 4) is 0 Å². The van der Waals surface area contributed by atoms with Crippen LogP contribution in [0, 0.1) is 5.92 Å². The Kier molecular flexibility index (Phi) is 4.16. The van der Waals surface area contributed by atoms with Crippen molar-refractivity contribution in [2.75, 3.05) is 5.32 Å². The summed E-state index contributed by atoms with van der Waals surface area (Å²) in [6.45, 7) is 3.71. The van der Waals surface area contributed by atoms with Crippen molar-refractivity contribution in [1.82, 2.24) is 20.0 Å². The zero-order chi connectivity index (χ0) is 16.4. The molecule has 0 bridgehead atoms. The summed E-state index contributed by atoms with van der Waals surface area (Å²) in [7, 11) is 0. The third kappa shape index (κ3) is 2.98. The minimum Gasteiger partial charge on any atom is -0.300 e. The van der Waals surface area contributed by atoms with Crippen LogP contribution in [0.2, 0.25) is 0 Å². The summed E-state index contributed by atoms with van der Waals surface area (Å²) >= 11 is 1.32. The van der Waals surface area contributed by atoms with Gasteiger partial charge in [-0.1, -0.05) is 31.2 Å². The topological polar surface area (TPSA) is 89.8 Å². The van der Waals surface area contributed by atoms with Crippen molar-refractivity contribution in [3.05, 3.63) is 46.2 Å². The van der Waals surface area contributed by atoms with Gasteiger partial charge in [0.1, 0.15) is 11.6 Å². The van der Waals surface area contributed by atoms with Gasteiger partial charge in [-0.25, -0.2) is 4.98 Å². The van der Waals surface area contributed by atoms with Crippen LogP contribution in [0.4, 0.5) is 5.13 Å². The predicted molar refractivity (Wildman–Crippen MR) is 88.4 cm³/mol. The van der Waals surface area contributed by atoms with E-state index in [1.807, 2.05) is 13.8 Å². The Labute approximate surface area is 136 Å². The third-order valence-corrected chi connectivity index (χ3v) is 4.11. The Balaban J connectivity index is 2.03. The van der Waals surface area contributed by atoms with Gasteiger partial charge in [0.15, 0.2) is 5.13 Å². The average Bonchev–Trinajstić information content (AvgIpc) is 3.02.